The quantitative estimate of drug-likeness (QED) is 0.573. The molecule has 1 aliphatic carbocycles. The fourth-order valence-electron chi connectivity index (χ4n) is 4.71. The molecular weight excluding hydrogens is 456 g/mol. The summed E-state index contributed by atoms with van der Waals surface area (Å²) in [5.74, 6) is -0.598. The molecule has 180 valence electrons. The van der Waals surface area contributed by atoms with Gasteiger partial charge in [0, 0.05) is 24.7 Å². The van der Waals surface area contributed by atoms with E-state index in [0.29, 0.717) is 44.6 Å². The Kier molecular flexibility index (Phi) is 5.86. The van der Waals surface area contributed by atoms with E-state index in [1.54, 1.807) is 28.9 Å². The van der Waals surface area contributed by atoms with Gasteiger partial charge in [0.05, 0.1) is 41.8 Å². The van der Waals surface area contributed by atoms with E-state index in [-0.39, 0.29) is 11.5 Å². The summed E-state index contributed by atoms with van der Waals surface area (Å²) in [5, 5.41) is 25.7. The van der Waals surface area contributed by atoms with Crippen LogP contribution in [0.3, 0.4) is 0 Å². The minimum atomic E-state index is -3.31. The molecule has 34 heavy (non-hydrogen) atoms. The third-order valence-electron chi connectivity index (χ3n) is 6.78. The number of aliphatic hydroxyl groups excluding tert-OH is 1. The Morgan fingerprint density at radius 1 is 0.971 bits per heavy atom. The molecule has 1 saturated carbocycles. The lowest BCUT2D eigenvalue weighted by Crippen LogP contribution is -2.42. The van der Waals surface area contributed by atoms with E-state index in [1.165, 1.54) is 6.26 Å². The van der Waals surface area contributed by atoms with E-state index in [0.717, 1.165) is 22.5 Å². The minimum absolute atomic E-state index is 0.0594. The first-order chi connectivity index (χ1) is 16.2. The molecule has 2 heterocycles. The van der Waals surface area contributed by atoms with Crippen LogP contribution in [-0.2, 0) is 31.5 Å². The fraction of sp³-hybridized carbons (Fsp3) is 0.400. The molecular formula is C25H28N2O6S. The van der Waals surface area contributed by atoms with Crippen molar-refractivity contribution in [2.45, 2.75) is 48.6 Å². The van der Waals surface area contributed by atoms with Crippen LogP contribution in [0.15, 0.2) is 59.5 Å². The Morgan fingerprint density at radius 3 is 2.15 bits per heavy atom. The Morgan fingerprint density at radius 2 is 1.59 bits per heavy atom. The van der Waals surface area contributed by atoms with Crippen molar-refractivity contribution in [2.75, 3.05) is 19.5 Å². The van der Waals surface area contributed by atoms with Crippen LogP contribution >= 0.6 is 0 Å². The van der Waals surface area contributed by atoms with Crippen molar-refractivity contribution >= 4 is 9.84 Å². The highest BCUT2D eigenvalue weighted by Gasteiger charge is 2.47. The number of hydrogen-bond donors (Lipinski definition) is 2. The second-order valence-corrected chi connectivity index (χ2v) is 11.1. The molecule has 2 aliphatic rings. The zero-order valence-electron chi connectivity index (χ0n) is 19.0. The minimum Gasteiger partial charge on any atom is -0.392 e. The van der Waals surface area contributed by atoms with Gasteiger partial charge in [-0.25, -0.2) is 13.1 Å². The summed E-state index contributed by atoms with van der Waals surface area (Å²) in [5.41, 5.74) is 2.48. The first-order valence-corrected chi connectivity index (χ1v) is 13.2. The van der Waals surface area contributed by atoms with Gasteiger partial charge in [-0.05, 0) is 48.7 Å². The summed E-state index contributed by atoms with van der Waals surface area (Å²) >= 11 is 0. The Labute approximate surface area is 198 Å². The average molecular weight is 485 g/mol. The van der Waals surface area contributed by atoms with E-state index >= 15 is 0 Å². The van der Waals surface area contributed by atoms with Gasteiger partial charge in [0.15, 0.2) is 15.6 Å². The van der Waals surface area contributed by atoms with Gasteiger partial charge < -0.3 is 19.7 Å². The van der Waals surface area contributed by atoms with Crippen LogP contribution in [0, 0.1) is 0 Å². The van der Waals surface area contributed by atoms with Crippen molar-refractivity contribution in [3.63, 3.8) is 0 Å². The molecule has 0 atom stereocenters. The number of aromatic nitrogens is 2. The van der Waals surface area contributed by atoms with Crippen molar-refractivity contribution in [3.05, 3.63) is 65.9 Å². The number of benzene rings is 2. The largest absolute Gasteiger partial charge is 0.392 e. The van der Waals surface area contributed by atoms with E-state index < -0.39 is 21.2 Å². The second-order valence-electron chi connectivity index (χ2n) is 9.09. The molecule has 2 N–H and O–H groups in total. The SMILES string of the molecule is CS(=O)(=O)c1ccc(-c2cc(C3(O)CCC4(CC3)OCCO4)nn2-c2ccc(CO)cc2)cc1. The highest BCUT2D eigenvalue weighted by atomic mass is 32.2. The summed E-state index contributed by atoms with van der Waals surface area (Å²) < 4.78 is 37.2. The van der Waals surface area contributed by atoms with Crippen molar-refractivity contribution in [1.29, 1.82) is 0 Å². The zero-order chi connectivity index (χ0) is 24.0. The monoisotopic (exact) mass is 484 g/mol. The predicted molar refractivity (Wildman–Crippen MR) is 125 cm³/mol. The molecule has 5 rings (SSSR count). The molecule has 1 spiro atoms. The maximum Gasteiger partial charge on any atom is 0.175 e. The maximum absolute atomic E-state index is 11.9. The summed E-state index contributed by atoms with van der Waals surface area (Å²) in [7, 11) is -3.31. The van der Waals surface area contributed by atoms with Crippen molar-refractivity contribution in [3.8, 4) is 16.9 Å². The average Bonchev–Trinajstić information content (AvgIpc) is 3.49. The number of nitrogens with zero attached hydrogens (tertiary/aromatic N) is 2. The molecule has 9 heteroatoms. The summed E-state index contributed by atoms with van der Waals surface area (Å²) in [6, 6.07) is 15.9. The molecule has 0 radical (unpaired) electrons. The van der Waals surface area contributed by atoms with Crippen LogP contribution in [0.5, 0.6) is 0 Å². The van der Waals surface area contributed by atoms with E-state index in [1.807, 2.05) is 30.3 Å². The van der Waals surface area contributed by atoms with Crippen LogP contribution < -0.4 is 0 Å². The Bertz CT molecular complexity index is 1270. The lowest BCUT2D eigenvalue weighted by atomic mass is 9.79. The molecule has 8 nitrogen and oxygen atoms in total. The Hall–Kier alpha value is -2.56. The standard InChI is InChI=1S/C25H28N2O6S/c1-34(30,31)21-8-4-19(5-9-21)22-16-23(26-27(22)20-6-2-18(17-28)3-7-20)24(29)10-12-25(13-11-24)32-14-15-33-25/h2-9,16,28-29H,10-15,17H2,1H3. The Balaban J connectivity index is 1.54. The summed E-state index contributed by atoms with van der Waals surface area (Å²) in [6.07, 6.45) is 3.26. The molecule has 0 amide bonds. The first kappa shape index (κ1) is 23.2. The van der Waals surface area contributed by atoms with Gasteiger partial charge in [-0.1, -0.05) is 24.3 Å². The molecule has 0 bridgehead atoms. The fourth-order valence-corrected chi connectivity index (χ4v) is 5.34. The normalized spacial score (nSPS) is 19.5. The van der Waals surface area contributed by atoms with Crippen LogP contribution in [0.25, 0.3) is 16.9 Å². The topological polar surface area (TPSA) is 111 Å². The van der Waals surface area contributed by atoms with Gasteiger partial charge in [0.2, 0.25) is 0 Å². The third kappa shape index (κ3) is 4.30. The molecule has 2 aromatic carbocycles. The number of rotatable bonds is 5. The van der Waals surface area contributed by atoms with Gasteiger partial charge in [-0.2, -0.15) is 5.10 Å². The van der Waals surface area contributed by atoms with Gasteiger partial charge in [0.25, 0.3) is 0 Å². The van der Waals surface area contributed by atoms with E-state index in [2.05, 4.69) is 0 Å². The second kappa shape index (κ2) is 8.58. The first-order valence-electron chi connectivity index (χ1n) is 11.3. The molecule has 1 saturated heterocycles. The van der Waals surface area contributed by atoms with Crippen LogP contribution in [0.4, 0.5) is 0 Å². The zero-order valence-corrected chi connectivity index (χ0v) is 19.8. The number of hydrogen-bond acceptors (Lipinski definition) is 7. The van der Waals surface area contributed by atoms with E-state index in [9.17, 15) is 18.6 Å². The lowest BCUT2D eigenvalue weighted by molar-refractivity contribution is -0.204. The molecule has 1 aromatic heterocycles. The smallest absolute Gasteiger partial charge is 0.175 e. The molecule has 3 aromatic rings. The summed E-state index contributed by atoms with van der Waals surface area (Å²) in [4.78, 5) is 0.239. The van der Waals surface area contributed by atoms with Crippen LogP contribution in [-0.4, -0.2) is 53.7 Å². The highest BCUT2D eigenvalue weighted by molar-refractivity contribution is 7.90. The van der Waals surface area contributed by atoms with Gasteiger partial charge >= 0.3 is 0 Å². The van der Waals surface area contributed by atoms with Crippen molar-refractivity contribution in [2.24, 2.45) is 0 Å². The third-order valence-corrected chi connectivity index (χ3v) is 7.91. The number of sulfone groups is 1. The highest BCUT2D eigenvalue weighted by Crippen LogP contribution is 2.45. The molecule has 2 fully saturated rings. The lowest BCUT2D eigenvalue weighted by Gasteiger charge is -2.39. The number of ether oxygens (including phenoxy) is 2. The van der Waals surface area contributed by atoms with Crippen LogP contribution in [0.1, 0.15) is 36.9 Å². The van der Waals surface area contributed by atoms with Crippen molar-refractivity contribution < 1.29 is 28.1 Å². The number of aliphatic hydroxyl groups is 2. The van der Waals surface area contributed by atoms with Gasteiger partial charge in [-0.15, -0.1) is 0 Å². The van der Waals surface area contributed by atoms with E-state index in [4.69, 9.17) is 14.6 Å². The van der Waals surface area contributed by atoms with Crippen LogP contribution in [0.2, 0.25) is 0 Å². The maximum atomic E-state index is 11.9. The van der Waals surface area contributed by atoms with Gasteiger partial charge in [-0.3, -0.25) is 0 Å². The van der Waals surface area contributed by atoms with Gasteiger partial charge in [0.1, 0.15) is 5.60 Å². The van der Waals surface area contributed by atoms with Crippen molar-refractivity contribution in [1.82, 2.24) is 9.78 Å². The summed E-state index contributed by atoms with van der Waals surface area (Å²) in [6.45, 7) is 1.09. The predicted octanol–water partition coefficient (Wildman–Crippen LogP) is 2.94. The molecule has 1 aliphatic heterocycles. The molecule has 0 unspecified atom stereocenters.